The molecule has 2 rings (SSSR count). The van der Waals surface area contributed by atoms with Crippen molar-refractivity contribution in [1.82, 2.24) is 10.3 Å². The summed E-state index contributed by atoms with van der Waals surface area (Å²) < 4.78 is 60.5. The van der Waals surface area contributed by atoms with Crippen LogP contribution in [0.4, 0.5) is 13.2 Å². The molecular weight excluding hydrogens is 297 g/mol. The number of benzene rings is 1. The maximum atomic E-state index is 12.3. The molecule has 0 heterocycles. The first-order valence-corrected chi connectivity index (χ1v) is 7.17. The van der Waals surface area contributed by atoms with Crippen LogP contribution in [0, 0.1) is 5.92 Å². The van der Waals surface area contributed by atoms with Gasteiger partial charge in [0.25, 0.3) is 10.0 Å². The van der Waals surface area contributed by atoms with Crippen LogP contribution in [0.2, 0.25) is 0 Å². The van der Waals surface area contributed by atoms with E-state index >= 15 is 0 Å². The summed E-state index contributed by atoms with van der Waals surface area (Å²) in [6.07, 6.45) is -3.13. The van der Waals surface area contributed by atoms with Crippen LogP contribution in [0.3, 0.4) is 0 Å². The van der Waals surface area contributed by atoms with Gasteiger partial charge in [0.2, 0.25) is 5.91 Å². The molecule has 1 aliphatic carbocycles. The fourth-order valence-electron chi connectivity index (χ4n) is 1.45. The Balaban J connectivity index is 2.07. The van der Waals surface area contributed by atoms with E-state index in [1.807, 2.05) is 10.3 Å². The Morgan fingerprint density at radius 1 is 1.15 bits per heavy atom. The summed E-state index contributed by atoms with van der Waals surface area (Å²) in [6.45, 7) is 0. The molecule has 0 radical (unpaired) electrons. The van der Waals surface area contributed by atoms with Crippen molar-refractivity contribution >= 4 is 15.9 Å². The van der Waals surface area contributed by atoms with E-state index < -0.39 is 27.7 Å². The lowest BCUT2D eigenvalue weighted by atomic mass is 10.2. The molecule has 110 valence electrons. The summed E-state index contributed by atoms with van der Waals surface area (Å²) in [5.74, 6) is -0.634. The van der Waals surface area contributed by atoms with Gasteiger partial charge in [-0.1, -0.05) is 0 Å². The summed E-state index contributed by atoms with van der Waals surface area (Å²) in [5, 5.41) is 0. The van der Waals surface area contributed by atoms with E-state index in [1.165, 1.54) is 0 Å². The van der Waals surface area contributed by atoms with Crippen molar-refractivity contribution in [2.24, 2.45) is 5.92 Å². The Bertz CT molecular complexity index is 607. The van der Waals surface area contributed by atoms with Gasteiger partial charge in [0.15, 0.2) is 0 Å². The lowest BCUT2D eigenvalue weighted by molar-refractivity contribution is -0.137. The van der Waals surface area contributed by atoms with Crippen molar-refractivity contribution < 1.29 is 26.4 Å². The molecule has 1 aromatic rings. The van der Waals surface area contributed by atoms with Crippen molar-refractivity contribution in [2.75, 3.05) is 0 Å². The van der Waals surface area contributed by atoms with Crippen LogP contribution in [-0.4, -0.2) is 14.3 Å². The SMILES string of the molecule is O=C(NNS(=O)(=O)c1ccc(C(F)(F)F)cc1)C1CC1. The summed E-state index contributed by atoms with van der Waals surface area (Å²) in [7, 11) is -4.07. The van der Waals surface area contributed by atoms with Crippen molar-refractivity contribution in [2.45, 2.75) is 23.9 Å². The van der Waals surface area contributed by atoms with Crippen LogP contribution in [0.1, 0.15) is 18.4 Å². The minimum atomic E-state index is -4.53. The van der Waals surface area contributed by atoms with Gasteiger partial charge >= 0.3 is 6.18 Å². The molecule has 0 saturated heterocycles. The fraction of sp³-hybridized carbons (Fsp3) is 0.364. The minimum absolute atomic E-state index is 0.190. The molecule has 0 aromatic heterocycles. The fourth-order valence-corrected chi connectivity index (χ4v) is 2.29. The third kappa shape index (κ3) is 3.48. The highest BCUT2D eigenvalue weighted by atomic mass is 32.2. The smallest absolute Gasteiger partial charge is 0.277 e. The predicted molar refractivity (Wildman–Crippen MR) is 62.6 cm³/mol. The van der Waals surface area contributed by atoms with Crippen LogP contribution in [-0.2, 0) is 21.0 Å². The lowest BCUT2D eigenvalue weighted by Gasteiger charge is -2.10. The summed E-state index contributed by atoms with van der Waals surface area (Å²) in [4.78, 5) is 12.8. The number of sulfonamides is 1. The second-order valence-corrected chi connectivity index (χ2v) is 6.07. The van der Waals surface area contributed by atoms with Crippen molar-refractivity contribution in [3.63, 3.8) is 0 Å². The number of rotatable bonds is 4. The monoisotopic (exact) mass is 308 g/mol. The third-order valence-electron chi connectivity index (χ3n) is 2.75. The number of carbonyl (C=O) groups excluding carboxylic acids is 1. The molecule has 20 heavy (non-hydrogen) atoms. The molecule has 1 amide bonds. The van der Waals surface area contributed by atoms with E-state index in [0.29, 0.717) is 25.0 Å². The van der Waals surface area contributed by atoms with Crippen molar-refractivity contribution in [1.29, 1.82) is 0 Å². The maximum Gasteiger partial charge on any atom is 0.416 e. The molecule has 0 aliphatic heterocycles. The van der Waals surface area contributed by atoms with Crippen LogP contribution in [0.5, 0.6) is 0 Å². The minimum Gasteiger partial charge on any atom is -0.277 e. The van der Waals surface area contributed by atoms with E-state index in [-0.39, 0.29) is 10.8 Å². The Labute approximate surface area is 113 Å². The Morgan fingerprint density at radius 3 is 2.15 bits per heavy atom. The standard InChI is InChI=1S/C11H11F3N2O3S/c12-11(13,14)8-3-5-9(6-4-8)20(18,19)16-15-10(17)7-1-2-7/h3-7,16H,1-2H2,(H,15,17). The highest BCUT2D eigenvalue weighted by molar-refractivity contribution is 7.89. The Morgan fingerprint density at radius 2 is 1.70 bits per heavy atom. The third-order valence-corrected chi connectivity index (χ3v) is 4.01. The molecule has 0 unspecified atom stereocenters. The van der Waals surface area contributed by atoms with E-state index in [0.717, 1.165) is 12.1 Å². The van der Waals surface area contributed by atoms with Gasteiger partial charge in [-0.05, 0) is 37.1 Å². The molecule has 9 heteroatoms. The van der Waals surface area contributed by atoms with E-state index in [2.05, 4.69) is 0 Å². The number of carbonyl (C=O) groups is 1. The predicted octanol–water partition coefficient (Wildman–Crippen LogP) is 1.42. The van der Waals surface area contributed by atoms with Gasteiger partial charge in [-0.15, -0.1) is 4.83 Å². The molecule has 0 bridgehead atoms. The maximum absolute atomic E-state index is 12.3. The number of alkyl halides is 3. The first-order chi connectivity index (χ1) is 9.20. The van der Waals surface area contributed by atoms with Crippen molar-refractivity contribution in [3.05, 3.63) is 29.8 Å². The number of hydrogen-bond donors (Lipinski definition) is 2. The molecule has 0 atom stereocenters. The number of halogens is 3. The molecular formula is C11H11F3N2O3S. The zero-order chi connectivity index (χ0) is 15.0. The van der Waals surface area contributed by atoms with E-state index in [1.54, 1.807) is 0 Å². The first kappa shape index (κ1) is 14.8. The molecule has 2 N–H and O–H groups in total. The second-order valence-electron chi connectivity index (χ2n) is 4.39. The Hall–Kier alpha value is -1.61. The Kier molecular flexibility index (Phi) is 3.74. The molecule has 1 fully saturated rings. The molecule has 1 aliphatic rings. The van der Waals surface area contributed by atoms with Gasteiger partial charge in [-0.2, -0.15) is 13.2 Å². The van der Waals surface area contributed by atoms with Crippen LogP contribution in [0.25, 0.3) is 0 Å². The van der Waals surface area contributed by atoms with Gasteiger partial charge in [-0.25, -0.2) is 8.42 Å². The van der Waals surface area contributed by atoms with E-state index in [4.69, 9.17) is 0 Å². The van der Waals surface area contributed by atoms with Crippen molar-refractivity contribution in [3.8, 4) is 0 Å². The number of hydrogen-bond acceptors (Lipinski definition) is 3. The summed E-state index contributed by atoms with van der Waals surface area (Å²) in [6, 6.07) is 2.98. The number of hydrazine groups is 1. The van der Waals surface area contributed by atoms with E-state index in [9.17, 15) is 26.4 Å². The number of nitrogens with one attached hydrogen (secondary N) is 2. The highest BCUT2D eigenvalue weighted by Crippen LogP contribution is 2.30. The molecule has 1 aromatic carbocycles. The molecule has 1 saturated carbocycles. The van der Waals surface area contributed by atoms with Gasteiger partial charge < -0.3 is 0 Å². The average molecular weight is 308 g/mol. The van der Waals surface area contributed by atoms with Gasteiger partial charge in [0.05, 0.1) is 10.5 Å². The van der Waals surface area contributed by atoms with Gasteiger partial charge in [0, 0.05) is 5.92 Å². The number of amides is 1. The largest absolute Gasteiger partial charge is 0.416 e. The van der Waals surface area contributed by atoms with Crippen LogP contribution in [0.15, 0.2) is 29.2 Å². The highest BCUT2D eigenvalue weighted by Gasteiger charge is 2.32. The summed E-state index contributed by atoms with van der Waals surface area (Å²) in [5.41, 5.74) is 1.08. The topological polar surface area (TPSA) is 75.3 Å². The first-order valence-electron chi connectivity index (χ1n) is 5.69. The van der Waals surface area contributed by atoms with Crippen LogP contribution >= 0.6 is 0 Å². The molecule has 5 nitrogen and oxygen atoms in total. The van der Waals surface area contributed by atoms with Gasteiger partial charge in [0.1, 0.15) is 0 Å². The molecule has 0 spiro atoms. The zero-order valence-electron chi connectivity index (χ0n) is 10.1. The van der Waals surface area contributed by atoms with Crippen LogP contribution < -0.4 is 10.3 Å². The quantitative estimate of drug-likeness (QED) is 0.826. The average Bonchev–Trinajstić information content (AvgIpc) is 3.19. The lowest BCUT2D eigenvalue weighted by Crippen LogP contribution is -2.42. The normalized spacial score (nSPS) is 15.9. The van der Waals surface area contributed by atoms with Gasteiger partial charge in [-0.3, -0.25) is 10.2 Å². The second kappa shape index (κ2) is 5.06. The summed E-state index contributed by atoms with van der Waals surface area (Å²) >= 11 is 0. The zero-order valence-corrected chi connectivity index (χ0v) is 10.9.